The van der Waals surface area contributed by atoms with Crippen molar-refractivity contribution in [2.24, 2.45) is 5.41 Å². The molecule has 40 heavy (non-hydrogen) atoms. The van der Waals surface area contributed by atoms with Crippen LogP contribution in [-0.4, -0.2) is 32.4 Å². The number of unbranched alkanes of at least 4 members (excludes halogenated alkanes) is 1. The summed E-state index contributed by atoms with van der Waals surface area (Å²) in [5.74, 6) is 0. The highest BCUT2D eigenvalue weighted by molar-refractivity contribution is 7.98. The Balaban J connectivity index is 1.85. The van der Waals surface area contributed by atoms with Gasteiger partial charge in [-0.15, -0.1) is 0 Å². The summed E-state index contributed by atoms with van der Waals surface area (Å²) in [4.78, 5) is 0. The molecule has 3 aliphatic rings. The molecule has 206 valence electrons. The first-order valence-corrected chi connectivity index (χ1v) is 18.5. The zero-order valence-corrected chi connectivity index (χ0v) is 26.4. The van der Waals surface area contributed by atoms with Crippen LogP contribution in [0.15, 0.2) is 127 Å². The number of rotatable bonds is 9. The summed E-state index contributed by atoms with van der Waals surface area (Å²) < 4.78 is 5.11. The zero-order valence-electron chi connectivity index (χ0n) is 23.9. The van der Waals surface area contributed by atoms with E-state index in [4.69, 9.17) is 6.58 Å². The average Bonchev–Trinajstić information content (AvgIpc) is 3.34. The lowest BCUT2D eigenvalue weighted by molar-refractivity contribution is 0.232. The van der Waals surface area contributed by atoms with E-state index >= 15 is 0 Å². The molecule has 2 nitrogen and oxygen atoms in total. The van der Waals surface area contributed by atoms with Crippen molar-refractivity contribution in [3.05, 3.63) is 127 Å². The smallest absolute Gasteiger partial charge is 0.166 e. The standard InChI is InChI=1S/C35H40N2PS2/c1-5-6-16-29-23-24-34(27-28(34)2)35(29,33-36(39-3)25-26-37(33)40-4)38(30-17-10-7-11-18-30,31-19-12-8-13-20-31)32-21-14-9-15-22-32/h7-22,25-26,33H,2,5-6,23-24,27H2,1,3-4H3/q+1/b29-16+. The summed E-state index contributed by atoms with van der Waals surface area (Å²) >= 11 is 3.71. The zero-order chi connectivity index (χ0) is 27.8. The van der Waals surface area contributed by atoms with E-state index in [9.17, 15) is 0 Å². The fourth-order valence-electron chi connectivity index (χ4n) is 7.83. The van der Waals surface area contributed by atoms with Crippen LogP contribution in [0, 0.1) is 5.41 Å². The monoisotopic (exact) mass is 583 g/mol. The summed E-state index contributed by atoms with van der Waals surface area (Å²) in [7, 11) is -2.35. The Morgan fingerprint density at radius 2 is 1.27 bits per heavy atom. The Hall–Kier alpha value is -2.39. The van der Waals surface area contributed by atoms with E-state index in [2.05, 4.69) is 138 Å². The third kappa shape index (κ3) is 3.82. The minimum Gasteiger partial charge on any atom is -0.295 e. The molecule has 0 saturated heterocycles. The van der Waals surface area contributed by atoms with Crippen LogP contribution in [0.5, 0.6) is 0 Å². The van der Waals surface area contributed by atoms with Gasteiger partial charge in [0.1, 0.15) is 23.2 Å². The van der Waals surface area contributed by atoms with E-state index in [1.807, 2.05) is 23.9 Å². The van der Waals surface area contributed by atoms with E-state index in [1.54, 1.807) is 5.57 Å². The Morgan fingerprint density at radius 3 is 1.65 bits per heavy atom. The lowest BCUT2D eigenvalue weighted by atomic mass is 9.84. The van der Waals surface area contributed by atoms with Gasteiger partial charge in [-0.1, -0.05) is 110 Å². The Kier molecular flexibility index (Phi) is 7.72. The van der Waals surface area contributed by atoms with E-state index in [1.165, 1.54) is 27.9 Å². The molecule has 3 aromatic rings. The number of hydrogen-bond donors (Lipinski definition) is 0. The van der Waals surface area contributed by atoms with Gasteiger partial charge in [-0.25, -0.2) is 0 Å². The molecule has 2 saturated carbocycles. The first-order chi connectivity index (χ1) is 19.6. The summed E-state index contributed by atoms with van der Waals surface area (Å²) in [6.07, 6.45) is 17.6. The summed E-state index contributed by atoms with van der Waals surface area (Å²) in [5, 5.41) is 4.20. The normalized spacial score (nSPS) is 25.5. The van der Waals surface area contributed by atoms with Crippen molar-refractivity contribution in [1.82, 2.24) is 8.61 Å². The van der Waals surface area contributed by atoms with Crippen LogP contribution in [0.25, 0.3) is 0 Å². The van der Waals surface area contributed by atoms with Gasteiger partial charge in [0.2, 0.25) is 0 Å². The van der Waals surface area contributed by atoms with Crippen LogP contribution < -0.4 is 15.9 Å². The first-order valence-electron chi connectivity index (χ1n) is 14.4. The fourth-order valence-corrected chi connectivity index (χ4v) is 15.5. The van der Waals surface area contributed by atoms with Gasteiger partial charge in [0.05, 0.1) is 0 Å². The van der Waals surface area contributed by atoms with Gasteiger partial charge in [0, 0.05) is 30.3 Å². The second-order valence-electron chi connectivity index (χ2n) is 11.1. The molecule has 2 unspecified atom stereocenters. The van der Waals surface area contributed by atoms with Crippen LogP contribution >= 0.6 is 31.2 Å². The molecule has 3 aromatic carbocycles. The molecule has 1 aliphatic heterocycles. The molecule has 0 amide bonds. The van der Waals surface area contributed by atoms with E-state index in [0.29, 0.717) is 0 Å². The predicted octanol–water partition coefficient (Wildman–Crippen LogP) is 8.16. The molecule has 0 bridgehead atoms. The third-order valence-electron chi connectivity index (χ3n) is 9.38. The van der Waals surface area contributed by atoms with Crippen molar-refractivity contribution in [3.8, 4) is 0 Å². The van der Waals surface area contributed by atoms with Gasteiger partial charge in [-0.05, 0) is 67.7 Å². The van der Waals surface area contributed by atoms with E-state index in [0.717, 1.165) is 25.7 Å². The van der Waals surface area contributed by atoms with Gasteiger partial charge in [-0.2, -0.15) is 0 Å². The van der Waals surface area contributed by atoms with E-state index < -0.39 is 7.26 Å². The number of allylic oxidation sites excluding steroid dienone is 2. The lowest BCUT2D eigenvalue weighted by Crippen LogP contribution is -2.63. The van der Waals surface area contributed by atoms with Crippen molar-refractivity contribution in [2.45, 2.75) is 50.3 Å². The highest BCUT2D eigenvalue weighted by atomic mass is 32.2. The molecule has 0 aromatic heterocycles. The number of benzene rings is 3. The maximum Gasteiger partial charge on any atom is 0.166 e. The first kappa shape index (κ1) is 27.8. The van der Waals surface area contributed by atoms with Crippen LogP contribution in [-0.2, 0) is 0 Å². The van der Waals surface area contributed by atoms with Gasteiger partial charge in [0.25, 0.3) is 0 Å². The molecule has 2 fully saturated rings. The maximum absolute atomic E-state index is 4.80. The molecule has 6 rings (SSSR count). The summed E-state index contributed by atoms with van der Waals surface area (Å²) in [6.45, 7) is 7.11. The molecule has 2 aliphatic carbocycles. The molecule has 2 atom stereocenters. The molecule has 0 radical (unpaired) electrons. The SMILES string of the molecule is C=C1CC12CC/C(=C\CCC)C2(C1N(SC)C=CN1SC)[P+](c1ccccc1)(c1ccccc1)c1ccccc1. The Morgan fingerprint density at radius 1 is 0.825 bits per heavy atom. The highest BCUT2D eigenvalue weighted by Gasteiger charge is 2.84. The topological polar surface area (TPSA) is 6.48 Å². The second-order valence-corrected chi connectivity index (χ2v) is 16.3. The van der Waals surface area contributed by atoms with Crippen molar-refractivity contribution >= 4 is 47.1 Å². The van der Waals surface area contributed by atoms with Crippen molar-refractivity contribution in [1.29, 1.82) is 0 Å². The van der Waals surface area contributed by atoms with Crippen molar-refractivity contribution < 1.29 is 0 Å². The lowest BCUT2D eigenvalue weighted by Gasteiger charge is -2.53. The van der Waals surface area contributed by atoms with Crippen LogP contribution in [0.3, 0.4) is 0 Å². The largest absolute Gasteiger partial charge is 0.295 e. The Labute approximate surface area is 250 Å². The van der Waals surface area contributed by atoms with Gasteiger partial charge >= 0.3 is 0 Å². The van der Waals surface area contributed by atoms with Gasteiger partial charge in [0.15, 0.2) is 11.3 Å². The summed E-state index contributed by atoms with van der Waals surface area (Å²) in [6, 6.07) is 34.7. The predicted molar refractivity (Wildman–Crippen MR) is 180 cm³/mol. The van der Waals surface area contributed by atoms with Crippen LogP contribution in [0.1, 0.15) is 39.0 Å². The molecule has 1 spiro atoms. The summed E-state index contributed by atoms with van der Waals surface area (Å²) in [5.41, 5.74) is 3.12. The minimum atomic E-state index is -2.35. The second kappa shape index (κ2) is 11.1. The van der Waals surface area contributed by atoms with Crippen molar-refractivity contribution in [3.63, 3.8) is 0 Å². The molecule has 0 N–H and O–H groups in total. The highest BCUT2D eigenvalue weighted by Crippen LogP contribution is 2.86. The molecule has 5 heteroatoms. The average molecular weight is 584 g/mol. The quantitative estimate of drug-likeness (QED) is 0.142. The Bertz CT molecular complexity index is 1300. The molecule has 1 heterocycles. The fraction of sp³-hybridized carbons (Fsp3) is 0.314. The van der Waals surface area contributed by atoms with Crippen molar-refractivity contribution in [2.75, 3.05) is 12.5 Å². The van der Waals surface area contributed by atoms with Gasteiger partial charge < -0.3 is 0 Å². The number of nitrogens with zero attached hydrogens (tertiary/aromatic N) is 2. The molecular weight excluding hydrogens is 544 g/mol. The van der Waals surface area contributed by atoms with Gasteiger partial charge in [-0.3, -0.25) is 8.61 Å². The maximum atomic E-state index is 4.80. The minimum absolute atomic E-state index is 0.0422. The van der Waals surface area contributed by atoms with Crippen LogP contribution in [0.4, 0.5) is 0 Å². The number of hydrogen-bond acceptors (Lipinski definition) is 4. The third-order valence-corrected chi connectivity index (χ3v) is 16.1. The van der Waals surface area contributed by atoms with E-state index in [-0.39, 0.29) is 16.7 Å². The molecular formula is C35H40N2PS2+. The van der Waals surface area contributed by atoms with Crippen LogP contribution in [0.2, 0.25) is 0 Å².